The van der Waals surface area contributed by atoms with Crippen molar-refractivity contribution < 1.29 is 0 Å². The smallest absolute Gasteiger partial charge is 0.306 e. The van der Waals surface area contributed by atoms with Crippen molar-refractivity contribution in [3.8, 4) is 22.5 Å². The molecule has 0 bridgehead atoms. The predicted molar refractivity (Wildman–Crippen MR) is 139 cm³/mol. The van der Waals surface area contributed by atoms with Gasteiger partial charge in [-0.3, -0.25) is 9.59 Å². The Kier molecular flexibility index (Phi) is 4.86. The molecule has 0 fully saturated rings. The second-order valence-corrected chi connectivity index (χ2v) is 8.33. The molecule has 0 spiro atoms. The van der Waals surface area contributed by atoms with Gasteiger partial charge in [0.15, 0.2) is 0 Å². The summed E-state index contributed by atoms with van der Waals surface area (Å²) in [5.41, 5.74) is 1.75. The van der Waals surface area contributed by atoms with Crippen molar-refractivity contribution in [1.82, 2.24) is 19.1 Å². The SMILES string of the molecule is O=c1[nH]c2ccccc2c(=O)n1-c1ccc(-c2ccc(-n3c(=O)[nH]c4ccccc4c3=O)cc2)cc1. The van der Waals surface area contributed by atoms with Gasteiger partial charge in [-0.1, -0.05) is 48.5 Å². The van der Waals surface area contributed by atoms with E-state index in [0.29, 0.717) is 33.2 Å². The van der Waals surface area contributed by atoms with Crippen LogP contribution in [0, 0.1) is 0 Å². The van der Waals surface area contributed by atoms with Crippen LogP contribution in [-0.2, 0) is 0 Å². The molecule has 2 heterocycles. The molecule has 0 radical (unpaired) electrons. The zero-order valence-electron chi connectivity index (χ0n) is 18.8. The molecule has 36 heavy (non-hydrogen) atoms. The van der Waals surface area contributed by atoms with Gasteiger partial charge in [0.05, 0.1) is 33.2 Å². The fraction of sp³-hybridized carbons (Fsp3) is 0. The Hall–Kier alpha value is -5.24. The van der Waals surface area contributed by atoms with Gasteiger partial charge < -0.3 is 9.97 Å². The van der Waals surface area contributed by atoms with E-state index in [0.717, 1.165) is 20.3 Å². The summed E-state index contributed by atoms with van der Waals surface area (Å²) in [6, 6.07) is 27.8. The van der Waals surface area contributed by atoms with Gasteiger partial charge >= 0.3 is 11.4 Å². The third kappa shape index (κ3) is 3.40. The first-order valence-electron chi connectivity index (χ1n) is 11.2. The topological polar surface area (TPSA) is 110 Å². The van der Waals surface area contributed by atoms with Gasteiger partial charge in [0.25, 0.3) is 11.1 Å². The Morgan fingerprint density at radius 2 is 0.806 bits per heavy atom. The van der Waals surface area contributed by atoms with E-state index < -0.39 is 22.5 Å². The van der Waals surface area contributed by atoms with Gasteiger partial charge in [-0.05, 0) is 59.7 Å². The third-order valence-electron chi connectivity index (χ3n) is 6.19. The molecule has 2 N–H and O–H groups in total. The van der Waals surface area contributed by atoms with Gasteiger partial charge in [-0.15, -0.1) is 0 Å². The number of hydrogen-bond acceptors (Lipinski definition) is 4. The maximum absolute atomic E-state index is 12.9. The standard InChI is InChI=1S/C28H18N4O4/c33-25-21-5-1-3-7-23(21)29-27(35)31(25)19-13-9-17(10-14-19)18-11-15-20(16-12-18)32-26(34)22-6-2-4-8-24(22)30-28(32)36/h1-16H,(H,29,35)(H,30,36). The van der Waals surface area contributed by atoms with Gasteiger partial charge in [0.2, 0.25) is 0 Å². The average molecular weight is 474 g/mol. The Labute approximate surface area is 202 Å². The number of hydrogen-bond donors (Lipinski definition) is 2. The summed E-state index contributed by atoms with van der Waals surface area (Å²) in [7, 11) is 0. The summed E-state index contributed by atoms with van der Waals surface area (Å²) >= 11 is 0. The molecule has 0 atom stereocenters. The Balaban J connectivity index is 1.37. The van der Waals surface area contributed by atoms with Crippen molar-refractivity contribution in [2.45, 2.75) is 0 Å². The molecular formula is C28H18N4O4. The predicted octanol–water partition coefficient (Wildman–Crippen LogP) is 3.34. The summed E-state index contributed by atoms with van der Waals surface area (Å²) in [5, 5.41) is 0.853. The van der Waals surface area contributed by atoms with Gasteiger partial charge in [-0.2, -0.15) is 0 Å². The fourth-order valence-corrected chi connectivity index (χ4v) is 4.40. The zero-order chi connectivity index (χ0) is 24.8. The lowest BCUT2D eigenvalue weighted by molar-refractivity contribution is 0.901. The van der Waals surface area contributed by atoms with Crippen molar-refractivity contribution in [2.24, 2.45) is 0 Å². The molecule has 2 aromatic heterocycles. The van der Waals surface area contributed by atoms with Gasteiger partial charge in [0.1, 0.15) is 0 Å². The van der Waals surface area contributed by atoms with E-state index in [1.807, 2.05) is 0 Å². The van der Waals surface area contributed by atoms with Crippen molar-refractivity contribution in [3.63, 3.8) is 0 Å². The van der Waals surface area contributed by atoms with Crippen LogP contribution in [0.25, 0.3) is 44.3 Å². The zero-order valence-corrected chi connectivity index (χ0v) is 18.8. The van der Waals surface area contributed by atoms with E-state index in [9.17, 15) is 19.2 Å². The molecular weight excluding hydrogens is 456 g/mol. The molecule has 0 amide bonds. The number of aromatic amines is 2. The maximum Gasteiger partial charge on any atom is 0.333 e. The number of fused-ring (bicyclic) bond motifs is 2. The highest BCUT2D eigenvalue weighted by Crippen LogP contribution is 2.22. The molecule has 4 aromatic carbocycles. The highest BCUT2D eigenvalue weighted by molar-refractivity contribution is 5.78. The average Bonchev–Trinajstić information content (AvgIpc) is 2.90. The minimum absolute atomic E-state index is 0.391. The molecule has 0 saturated carbocycles. The Bertz CT molecular complexity index is 1860. The van der Waals surface area contributed by atoms with E-state index >= 15 is 0 Å². The van der Waals surface area contributed by atoms with Crippen LogP contribution in [0.4, 0.5) is 0 Å². The van der Waals surface area contributed by atoms with Crippen LogP contribution in [0.3, 0.4) is 0 Å². The molecule has 6 rings (SSSR count). The number of aromatic nitrogens is 4. The van der Waals surface area contributed by atoms with Gasteiger partial charge in [-0.25, -0.2) is 18.7 Å². The number of para-hydroxylation sites is 2. The lowest BCUT2D eigenvalue weighted by atomic mass is 10.0. The number of benzene rings is 4. The molecule has 8 heteroatoms. The first kappa shape index (κ1) is 21.3. The Morgan fingerprint density at radius 3 is 1.19 bits per heavy atom. The van der Waals surface area contributed by atoms with Gasteiger partial charge in [0, 0.05) is 0 Å². The molecule has 0 aliphatic rings. The summed E-state index contributed by atoms with van der Waals surface area (Å²) < 4.78 is 2.21. The molecule has 0 saturated heterocycles. The second-order valence-electron chi connectivity index (χ2n) is 8.33. The first-order valence-corrected chi connectivity index (χ1v) is 11.2. The lowest BCUT2D eigenvalue weighted by Crippen LogP contribution is -2.33. The number of rotatable bonds is 3. The number of H-pyrrole nitrogens is 2. The largest absolute Gasteiger partial charge is 0.333 e. The normalized spacial score (nSPS) is 11.2. The number of nitrogens with zero attached hydrogens (tertiary/aromatic N) is 2. The minimum Gasteiger partial charge on any atom is -0.306 e. The highest BCUT2D eigenvalue weighted by atomic mass is 16.2. The maximum atomic E-state index is 12.9. The lowest BCUT2D eigenvalue weighted by Gasteiger charge is -2.09. The van der Waals surface area contributed by atoms with E-state index in [1.165, 1.54) is 0 Å². The summed E-state index contributed by atoms with van der Waals surface area (Å²) in [5.74, 6) is 0. The Morgan fingerprint density at radius 1 is 0.444 bits per heavy atom. The monoisotopic (exact) mass is 474 g/mol. The summed E-state index contributed by atoms with van der Waals surface area (Å²) in [6.45, 7) is 0. The van der Waals surface area contributed by atoms with Crippen LogP contribution in [0.1, 0.15) is 0 Å². The van der Waals surface area contributed by atoms with Crippen LogP contribution in [0.2, 0.25) is 0 Å². The first-order chi connectivity index (χ1) is 17.5. The highest BCUT2D eigenvalue weighted by Gasteiger charge is 2.11. The fourth-order valence-electron chi connectivity index (χ4n) is 4.40. The van der Waals surface area contributed by atoms with Crippen LogP contribution in [-0.4, -0.2) is 19.1 Å². The van der Waals surface area contributed by atoms with Crippen molar-refractivity contribution >= 4 is 21.8 Å². The third-order valence-corrected chi connectivity index (χ3v) is 6.19. The van der Waals surface area contributed by atoms with E-state index in [2.05, 4.69) is 9.97 Å². The van der Waals surface area contributed by atoms with Crippen LogP contribution < -0.4 is 22.5 Å². The molecule has 174 valence electrons. The molecule has 0 unspecified atom stereocenters. The van der Waals surface area contributed by atoms with E-state index in [-0.39, 0.29) is 0 Å². The summed E-state index contributed by atoms with van der Waals surface area (Å²) in [4.78, 5) is 56.4. The summed E-state index contributed by atoms with van der Waals surface area (Å²) in [6.07, 6.45) is 0. The minimum atomic E-state index is -0.512. The van der Waals surface area contributed by atoms with E-state index in [4.69, 9.17) is 0 Å². The van der Waals surface area contributed by atoms with E-state index in [1.54, 1.807) is 97.1 Å². The quantitative estimate of drug-likeness (QED) is 0.410. The molecule has 8 nitrogen and oxygen atoms in total. The van der Waals surface area contributed by atoms with Crippen molar-refractivity contribution in [2.75, 3.05) is 0 Å². The van der Waals surface area contributed by atoms with Crippen LogP contribution in [0.15, 0.2) is 116 Å². The van der Waals surface area contributed by atoms with Crippen LogP contribution in [0.5, 0.6) is 0 Å². The van der Waals surface area contributed by atoms with Crippen molar-refractivity contribution in [3.05, 3.63) is 139 Å². The molecule has 0 aliphatic heterocycles. The molecule has 0 aliphatic carbocycles. The molecule has 6 aromatic rings. The van der Waals surface area contributed by atoms with Crippen molar-refractivity contribution in [1.29, 1.82) is 0 Å². The second kappa shape index (κ2) is 8.21. The van der Waals surface area contributed by atoms with Crippen LogP contribution >= 0.6 is 0 Å². The number of nitrogens with one attached hydrogen (secondary N) is 2.